The van der Waals surface area contributed by atoms with Gasteiger partial charge in [-0.05, 0) is 42.9 Å². The van der Waals surface area contributed by atoms with Crippen molar-refractivity contribution in [3.05, 3.63) is 0 Å². The fraction of sp³-hybridized carbons (Fsp3) is 1.00. The van der Waals surface area contributed by atoms with Crippen LogP contribution in [0.25, 0.3) is 0 Å². The molecule has 2 aliphatic heterocycles. The molecule has 4 fully saturated rings. The predicted molar refractivity (Wildman–Crippen MR) is 57.0 cm³/mol. The highest BCUT2D eigenvalue weighted by Gasteiger charge is 2.73. The summed E-state index contributed by atoms with van der Waals surface area (Å²) in [5.41, 5.74) is 1.13. The van der Waals surface area contributed by atoms with Gasteiger partial charge >= 0.3 is 0 Å². The zero-order valence-electron chi connectivity index (χ0n) is 9.59. The number of rotatable bonds is 0. The minimum absolute atomic E-state index is 0.508. The van der Waals surface area contributed by atoms with Crippen molar-refractivity contribution in [2.75, 3.05) is 0 Å². The molecular formula is C13H21N. The Bertz CT molecular complexity index is 281. The molecule has 0 aromatic rings. The summed E-state index contributed by atoms with van der Waals surface area (Å²) in [6.07, 6.45) is 6.10. The molecule has 78 valence electrons. The van der Waals surface area contributed by atoms with Crippen molar-refractivity contribution >= 4 is 0 Å². The summed E-state index contributed by atoms with van der Waals surface area (Å²) in [5.74, 6) is 2.19. The first-order chi connectivity index (χ1) is 6.53. The normalized spacial score (nSPS) is 59.4. The standard InChI is InChI=1S/C13H21N/c1-12(2,3)13-6-8-4-10(8)14(13)11-5-9(11)7-13/h8-11H,4-7H2,1-3H3/t8-,9?,10-,11?,13?/m1/s1. The molecule has 0 aromatic heterocycles. The van der Waals surface area contributed by atoms with Crippen molar-refractivity contribution < 1.29 is 0 Å². The average molecular weight is 191 g/mol. The summed E-state index contributed by atoms with van der Waals surface area (Å²) in [6, 6.07) is 2.04. The zero-order chi connectivity index (χ0) is 9.72. The molecule has 2 aliphatic carbocycles. The second-order valence-corrected chi connectivity index (χ2v) is 7.22. The van der Waals surface area contributed by atoms with E-state index in [1.165, 1.54) is 25.7 Å². The lowest BCUT2D eigenvalue weighted by Gasteiger charge is -2.47. The Morgan fingerprint density at radius 3 is 1.86 bits per heavy atom. The first kappa shape index (κ1) is 8.15. The van der Waals surface area contributed by atoms with E-state index in [1.54, 1.807) is 0 Å². The fourth-order valence-electron chi connectivity index (χ4n) is 4.63. The topological polar surface area (TPSA) is 3.24 Å². The Kier molecular flexibility index (Phi) is 1.13. The van der Waals surface area contributed by atoms with Crippen LogP contribution in [0.4, 0.5) is 0 Å². The van der Waals surface area contributed by atoms with Crippen LogP contribution in [-0.4, -0.2) is 22.5 Å². The largest absolute Gasteiger partial charge is 0.291 e. The monoisotopic (exact) mass is 191 g/mol. The first-order valence-corrected chi connectivity index (χ1v) is 6.31. The van der Waals surface area contributed by atoms with Crippen LogP contribution in [0.2, 0.25) is 0 Å². The van der Waals surface area contributed by atoms with Crippen molar-refractivity contribution in [2.45, 2.75) is 64.1 Å². The molecule has 3 unspecified atom stereocenters. The van der Waals surface area contributed by atoms with Crippen molar-refractivity contribution in [3.8, 4) is 0 Å². The average Bonchev–Trinajstić information content (AvgIpc) is 2.92. The van der Waals surface area contributed by atoms with Gasteiger partial charge in [-0.25, -0.2) is 0 Å². The minimum Gasteiger partial charge on any atom is -0.291 e. The third kappa shape index (κ3) is 0.711. The zero-order valence-corrected chi connectivity index (χ0v) is 9.59. The van der Waals surface area contributed by atoms with E-state index >= 15 is 0 Å². The molecular weight excluding hydrogens is 170 g/mol. The molecule has 2 heterocycles. The highest BCUT2D eigenvalue weighted by atomic mass is 15.4. The lowest BCUT2D eigenvalue weighted by atomic mass is 9.69. The van der Waals surface area contributed by atoms with E-state index in [2.05, 4.69) is 25.7 Å². The third-order valence-corrected chi connectivity index (χ3v) is 5.58. The molecule has 5 atom stereocenters. The van der Waals surface area contributed by atoms with E-state index in [0.717, 1.165) is 23.9 Å². The van der Waals surface area contributed by atoms with Gasteiger partial charge in [0.25, 0.3) is 0 Å². The third-order valence-electron chi connectivity index (χ3n) is 5.58. The van der Waals surface area contributed by atoms with E-state index in [0.29, 0.717) is 11.0 Å². The van der Waals surface area contributed by atoms with Crippen molar-refractivity contribution in [1.82, 2.24) is 4.90 Å². The van der Waals surface area contributed by atoms with Gasteiger partial charge in [0, 0.05) is 17.6 Å². The van der Waals surface area contributed by atoms with Gasteiger partial charge < -0.3 is 0 Å². The molecule has 0 radical (unpaired) electrons. The first-order valence-electron chi connectivity index (χ1n) is 6.31. The second kappa shape index (κ2) is 1.93. The number of fused-ring (bicyclic) bond motifs is 5. The molecule has 4 rings (SSSR count). The van der Waals surface area contributed by atoms with Crippen LogP contribution in [0.3, 0.4) is 0 Å². The molecule has 0 bridgehead atoms. The van der Waals surface area contributed by atoms with E-state index in [9.17, 15) is 0 Å². The molecule has 0 aromatic carbocycles. The molecule has 14 heavy (non-hydrogen) atoms. The molecule has 1 nitrogen and oxygen atoms in total. The summed E-state index contributed by atoms with van der Waals surface area (Å²) >= 11 is 0. The maximum absolute atomic E-state index is 2.97. The molecule has 2 saturated heterocycles. The van der Waals surface area contributed by atoms with Gasteiger partial charge in [0.1, 0.15) is 0 Å². The van der Waals surface area contributed by atoms with Crippen LogP contribution in [0.1, 0.15) is 46.5 Å². The highest BCUT2D eigenvalue weighted by Crippen LogP contribution is 2.70. The van der Waals surface area contributed by atoms with Gasteiger partial charge in [0.15, 0.2) is 0 Å². The van der Waals surface area contributed by atoms with Gasteiger partial charge in [-0.3, -0.25) is 4.90 Å². The predicted octanol–water partition coefficient (Wildman–Crippen LogP) is 2.66. The molecule has 0 spiro atoms. The summed E-state index contributed by atoms with van der Waals surface area (Å²) in [5, 5.41) is 0. The Morgan fingerprint density at radius 2 is 1.50 bits per heavy atom. The van der Waals surface area contributed by atoms with Crippen LogP contribution < -0.4 is 0 Å². The number of hydrogen-bond donors (Lipinski definition) is 0. The van der Waals surface area contributed by atoms with Gasteiger partial charge in [-0.2, -0.15) is 0 Å². The van der Waals surface area contributed by atoms with Gasteiger partial charge in [-0.15, -0.1) is 0 Å². The lowest BCUT2D eigenvalue weighted by Crippen LogP contribution is -2.53. The van der Waals surface area contributed by atoms with Crippen LogP contribution in [0, 0.1) is 17.3 Å². The fourth-order valence-corrected chi connectivity index (χ4v) is 4.63. The van der Waals surface area contributed by atoms with Crippen molar-refractivity contribution in [1.29, 1.82) is 0 Å². The number of hydrogen-bond acceptors (Lipinski definition) is 1. The lowest BCUT2D eigenvalue weighted by molar-refractivity contribution is 0.0212. The molecule has 2 saturated carbocycles. The van der Waals surface area contributed by atoms with E-state index in [-0.39, 0.29) is 0 Å². The maximum Gasteiger partial charge on any atom is 0.0270 e. The van der Waals surface area contributed by atoms with Gasteiger partial charge in [-0.1, -0.05) is 20.8 Å². The summed E-state index contributed by atoms with van der Waals surface area (Å²) in [6.45, 7) is 7.40. The van der Waals surface area contributed by atoms with E-state index in [4.69, 9.17) is 0 Å². The molecule has 4 aliphatic rings. The van der Waals surface area contributed by atoms with Gasteiger partial charge in [0.05, 0.1) is 0 Å². The summed E-state index contributed by atoms with van der Waals surface area (Å²) in [7, 11) is 0. The summed E-state index contributed by atoms with van der Waals surface area (Å²) < 4.78 is 0. The quantitative estimate of drug-likeness (QED) is 0.569. The van der Waals surface area contributed by atoms with E-state index < -0.39 is 0 Å². The Labute approximate surface area is 86.9 Å². The number of nitrogens with zero attached hydrogens (tertiary/aromatic N) is 1. The van der Waals surface area contributed by atoms with Gasteiger partial charge in [0.2, 0.25) is 0 Å². The summed E-state index contributed by atoms with van der Waals surface area (Å²) in [4.78, 5) is 2.97. The van der Waals surface area contributed by atoms with Crippen LogP contribution in [-0.2, 0) is 0 Å². The maximum atomic E-state index is 2.97. The van der Waals surface area contributed by atoms with Crippen LogP contribution in [0.5, 0.6) is 0 Å². The molecule has 1 heteroatoms. The second-order valence-electron chi connectivity index (χ2n) is 7.22. The Hall–Kier alpha value is -0.0400. The van der Waals surface area contributed by atoms with E-state index in [1.807, 2.05) is 0 Å². The Morgan fingerprint density at radius 1 is 1.00 bits per heavy atom. The highest BCUT2D eigenvalue weighted by molar-refractivity contribution is 5.27. The molecule has 0 amide bonds. The number of piperidine rings is 2. The SMILES string of the molecule is CC(C)(C)C12CC3CC3N1[C@@H]1C[C@@H]1C2. The Balaban J connectivity index is 1.79. The minimum atomic E-state index is 0.508. The molecule has 0 N–H and O–H groups in total. The van der Waals surface area contributed by atoms with Crippen LogP contribution >= 0.6 is 0 Å². The smallest absolute Gasteiger partial charge is 0.0270 e. The van der Waals surface area contributed by atoms with Crippen molar-refractivity contribution in [3.63, 3.8) is 0 Å². The van der Waals surface area contributed by atoms with Crippen molar-refractivity contribution in [2.24, 2.45) is 17.3 Å². The van der Waals surface area contributed by atoms with Crippen LogP contribution in [0.15, 0.2) is 0 Å².